The van der Waals surface area contributed by atoms with Crippen LogP contribution in [0.3, 0.4) is 0 Å². The number of halogens is 2. The third kappa shape index (κ3) is 4.00. The van der Waals surface area contributed by atoms with Crippen LogP contribution in [0, 0.1) is 0 Å². The smallest absolute Gasteiger partial charge is 0.179 e. The van der Waals surface area contributed by atoms with Crippen LogP contribution in [-0.4, -0.2) is 11.1 Å². The number of hydrogen-bond donors (Lipinski definition) is 0. The lowest BCUT2D eigenvalue weighted by molar-refractivity contribution is -0.692. The minimum Gasteiger partial charge on any atom is -1.00 e. The maximum atomic E-state index is 11.0. The highest BCUT2D eigenvalue weighted by Gasteiger charge is 2.04. The van der Waals surface area contributed by atoms with E-state index in [2.05, 4.69) is 15.9 Å². The van der Waals surface area contributed by atoms with E-state index in [9.17, 15) is 4.79 Å². The Bertz CT molecular complexity index is 289. The molecule has 0 atom stereocenters. The number of rotatable bonds is 3. The number of ketones is 1. The highest BCUT2D eigenvalue weighted by molar-refractivity contribution is 9.09. The minimum atomic E-state index is 0. The average Bonchev–Trinajstić information content (AvgIpc) is 2.05. The highest BCUT2D eigenvalue weighted by atomic mass is 79.9. The van der Waals surface area contributed by atoms with Gasteiger partial charge in [0.05, 0.1) is 10.9 Å². The van der Waals surface area contributed by atoms with Crippen LogP contribution in [0.5, 0.6) is 0 Å². The molecule has 0 fully saturated rings. The number of pyridine rings is 1. The van der Waals surface area contributed by atoms with E-state index >= 15 is 0 Å². The van der Waals surface area contributed by atoms with Gasteiger partial charge in [0, 0.05) is 6.07 Å². The quantitative estimate of drug-likeness (QED) is 0.381. The van der Waals surface area contributed by atoms with Gasteiger partial charge in [0.25, 0.3) is 0 Å². The molecule has 1 rings (SSSR count). The second-order valence-electron chi connectivity index (χ2n) is 2.58. The molecule has 0 N–H and O–H groups in total. The fourth-order valence-corrected chi connectivity index (χ4v) is 1.38. The molecular weight excluding hydrogens is 298 g/mol. The summed E-state index contributed by atoms with van der Waals surface area (Å²) in [6.45, 7) is 2.47. The van der Waals surface area contributed by atoms with Crippen LogP contribution in [-0.2, 0) is 6.54 Å². The summed E-state index contributed by atoms with van der Waals surface area (Å²) in [6.07, 6.45) is 3.82. The summed E-state index contributed by atoms with van der Waals surface area (Å²) < 4.78 is 1.99. The van der Waals surface area contributed by atoms with Crippen LogP contribution in [0.15, 0.2) is 24.5 Å². The Balaban J connectivity index is 0.00000144. The lowest BCUT2D eigenvalue weighted by Gasteiger charge is -1.94. The third-order valence-electron chi connectivity index (χ3n) is 1.61. The number of Topliss-reactive ketones (excluding diaryl/α,β-unsaturated/α-hetero) is 1. The van der Waals surface area contributed by atoms with E-state index in [-0.39, 0.29) is 22.8 Å². The molecule has 0 aliphatic rings. The molecule has 0 unspecified atom stereocenters. The number of carbonyl (C=O) groups excluding carboxylic acids is 1. The van der Waals surface area contributed by atoms with Gasteiger partial charge in [-0.3, -0.25) is 4.79 Å². The summed E-state index contributed by atoms with van der Waals surface area (Å²) in [4.78, 5) is 11.0. The van der Waals surface area contributed by atoms with Gasteiger partial charge < -0.3 is 17.0 Å². The number of nitrogens with zero attached hydrogens (tertiary/aromatic N) is 1. The predicted molar refractivity (Wildman–Crippen MR) is 50.4 cm³/mol. The molecule has 4 heteroatoms. The molecule has 72 valence electrons. The van der Waals surface area contributed by atoms with E-state index in [1.807, 2.05) is 29.1 Å². The summed E-state index contributed by atoms with van der Waals surface area (Å²) in [5.41, 5.74) is 0.762. The highest BCUT2D eigenvalue weighted by Crippen LogP contribution is 1.95. The lowest BCUT2D eigenvalue weighted by Crippen LogP contribution is -3.00. The molecule has 0 saturated heterocycles. The van der Waals surface area contributed by atoms with Crippen molar-refractivity contribution >= 4 is 21.7 Å². The van der Waals surface area contributed by atoms with E-state index in [4.69, 9.17) is 0 Å². The zero-order valence-corrected chi connectivity index (χ0v) is 10.5. The first-order valence-corrected chi connectivity index (χ1v) is 4.92. The first kappa shape index (κ1) is 12.8. The molecule has 0 aromatic carbocycles. The van der Waals surface area contributed by atoms with E-state index in [0.717, 1.165) is 17.4 Å². The van der Waals surface area contributed by atoms with E-state index in [0.29, 0.717) is 0 Å². The van der Waals surface area contributed by atoms with Crippen LogP contribution < -0.4 is 21.5 Å². The summed E-state index contributed by atoms with van der Waals surface area (Å²) in [6, 6.07) is 3.71. The molecule has 1 aromatic heterocycles. The number of aromatic nitrogens is 1. The summed E-state index contributed by atoms with van der Waals surface area (Å²) >= 11 is 3.34. The fraction of sp³-hybridized carbons (Fsp3) is 0.333. The fourth-order valence-electron chi connectivity index (χ4n) is 0.967. The minimum absolute atomic E-state index is 0. The third-order valence-corrected chi connectivity index (χ3v) is 1.96. The Morgan fingerprint density at radius 1 is 1.62 bits per heavy atom. The Morgan fingerprint density at radius 3 is 2.85 bits per heavy atom. The molecule has 1 aromatic rings. The Hall–Kier alpha value is -0.220. The van der Waals surface area contributed by atoms with Gasteiger partial charge in [0.2, 0.25) is 0 Å². The Labute approximate surface area is 96.9 Å². The van der Waals surface area contributed by atoms with Gasteiger partial charge >= 0.3 is 0 Å². The van der Waals surface area contributed by atoms with Crippen LogP contribution in [0.4, 0.5) is 0 Å². The van der Waals surface area contributed by atoms with Gasteiger partial charge in [-0.1, -0.05) is 15.9 Å². The first-order chi connectivity index (χ1) is 5.74. The van der Waals surface area contributed by atoms with Crippen molar-refractivity contribution in [1.29, 1.82) is 0 Å². The molecule has 13 heavy (non-hydrogen) atoms. The molecule has 0 aliphatic carbocycles. The summed E-state index contributed by atoms with van der Waals surface area (Å²) in [7, 11) is 0. The van der Waals surface area contributed by atoms with Crippen molar-refractivity contribution in [2.75, 3.05) is 5.33 Å². The zero-order chi connectivity index (χ0) is 8.97. The summed E-state index contributed by atoms with van der Waals surface area (Å²) in [5, 5.41) is 0.902. The second kappa shape index (κ2) is 6.27. The van der Waals surface area contributed by atoms with Crippen molar-refractivity contribution in [2.45, 2.75) is 13.5 Å². The van der Waals surface area contributed by atoms with E-state index in [1.165, 1.54) is 0 Å². The predicted octanol–water partition coefficient (Wildman–Crippen LogP) is -1.42. The second-order valence-corrected chi connectivity index (χ2v) is 3.37. The molecule has 0 bridgehead atoms. The van der Waals surface area contributed by atoms with Crippen LogP contribution in [0.2, 0.25) is 0 Å². The monoisotopic (exact) mass is 307 g/mol. The van der Waals surface area contributed by atoms with Gasteiger partial charge in [0.1, 0.15) is 0 Å². The molecule has 0 aliphatic heterocycles. The van der Waals surface area contributed by atoms with Crippen molar-refractivity contribution in [1.82, 2.24) is 0 Å². The molecule has 0 amide bonds. The number of aryl methyl sites for hydroxylation is 1. The van der Waals surface area contributed by atoms with Gasteiger partial charge in [-0.05, 0) is 13.0 Å². The van der Waals surface area contributed by atoms with Crippen molar-refractivity contribution < 1.29 is 26.3 Å². The van der Waals surface area contributed by atoms with Crippen molar-refractivity contribution in [2.24, 2.45) is 0 Å². The maximum absolute atomic E-state index is 11.0. The van der Waals surface area contributed by atoms with Gasteiger partial charge in [-0.25, -0.2) is 4.57 Å². The Kier molecular flexibility index (Phi) is 6.16. The van der Waals surface area contributed by atoms with Gasteiger partial charge in [-0.15, -0.1) is 0 Å². The van der Waals surface area contributed by atoms with Crippen molar-refractivity contribution in [3.05, 3.63) is 30.1 Å². The molecule has 1 heterocycles. The van der Waals surface area contributed by atoms with E-state index in [1.54, 1.807) is 6.92 Å². The SMILES string of the molecule is CC(=O)c1ccc[n+](CCBr)c1.[Br-]. The van der Waals surface area contributed by atoms with Crippen molar-refractivity contribution in [3.8, 4) is 0 Å². The summed E-state index contributed by atoms with van der Waals surface area (Å²) in [5.74, 6) is 0.110. The number of hydrogen-bond acceptors (Lipinski definition) is 1. The van der Waals surface area contributed by atoms with Crippen LogP contribution in [0.1, 0.15) is 17.3 Å². The standard InChI is InChI=1S/C9H11BrNO.BrH/c1-8(12)9-3-2-5-11(7-9)6-4-10;/h2-3,5,7H,4,6H2,1H3;1H/q+1;/p-1. The Morgan fingerprint density at radius 2 is 2.31 bits per heavy atom. The lowest BCUT2D eigenvalue weighted by atomic mass is 10.2. The van der Waals surface area contributed by atoms with Gasteiger partial charge in [0.15, 0.2) is 24.7 Å². The molecular formula is C9H11Br2NO. The topological polar surface area (TPSA) is 20.9 Å². The largest absolute Gasteiger partial charge is 1.00 e. The first-order valence-electron chi connectivity index (χ1n) is 3.80. The van der Waals surface area contributed by atoms with Crippen LogP contribution >= 0.6 is 15.9 Å². The normalized spacial score (nSPS) is 9.08. The number of carbonyl (C=O) groups is 1. The zero-order valence-electron chi connectivity index (χ0n) is 7.34. The average molecular weight is 309 g/mol. The van der Waals surface area contributed by atoms with Gasteiger partial charge in [-0.2, -0.15) is 0 Å². The number of alkyl halides is 1. The van der Waals surface area contributed by atoms with E-state index < -0.39 is 0 Å². The molecule has 2 nitrogen and oxygen atoms in total. The molecule has 0 saturated carbocycles. The maximum Gasteiger partial charge on any atom is 0.179 e. The van der Waals surface area contributed by atoms with Crippen molar-refractivity contribution in [3.63, 3.8) is 0 Å². The molecule has 0 spiro atoms. The van der Waals surface area contributed by atoms with Crippen LogP contribution in [0.25, 0.3) is 0 Å². The molecule has 0 radical (unpaired) electrons.